The smallest absolute Gasteiger partial charge is 0.309 e. The Morgan fingerprint density at radius 2 is 1.89 bits per heavy atom. The van der Waals surface area contributed by atoms with Crippen LogP contribution in [-0.2, 0) is 4.79 Å². The third-order valence-corrected chi connectivity index (χ3v) is 2.22. The van der Waals surface area contributed by atoms with E-state index >= 15 is 0 Å². The Kier molecular flexibility index (Phi) is 1.47. The molecule has 9 heavy (non-hydrogen) atoms. The van der Waals surface area contributed by atoms with Crippen LogP contribution in [0.15, 0.2) is 0 Å². The highest BCUT2D eigenvalue weighted by atomic mass is 16.4. The molecule has 0 atom stereocenters. The van der Waals surface area contributed by atoms with Gasteiger partial charge in [-0.25, -0.2) is 0 Å². The van der Waals surface area contributed by atoms with Crippen molar-refractivity contribution in [2.24, 2.45) is 5.41 Å². The van der Waals surface area contributed by atoms with E-state index in [9.17, 15) is 4.79 Å². The molecule has 1 N–H and O–H groups in total. The Morgan fingerprint density at radius 1 is 1.44 bits per heavy atom. The molecule has 2 heteroatoms. The average molecular weight is 128 g/mol. The van der Waals surface area contributed by atoms with Crippen molar-refractivity contribution in [2.45, 2.75) is 32.6 Å². The summed E-state index contributed by atoms with van der Waals surface area (Å²) in [6.07, 6.45) is 3.90. The molecule has 1 aliphatic rings. The normalized spacial score (nSPS) is 24.1. The van der Waals surface area contributed by atoms with Gasteiger partial charge < -0.3 is 5.11 Å². The van der Waals surface area contributed by atoms with Gasteiger partial charge in [0, 0.05) is 0 Å². The van der Waals surface area contributed by atoms with Crippen molar-refractivity contribution < 1.29 is 9.90 Å². The van der Waals surface area contributed by atoms with Crippen LogP contribution in [0.4, 0.5) is 0 Å². The fraction of sp³-hybridized carbons (Fsp3) is 0.857. The Morgan fingerprint density at radius 3 is 2.11 bits per heavy atom. The molecule has 2 nitrogen and oxygen atoms in total. The Bertz CT molecular complexity index is 123. The Balaban J connectivity index is 2.61. The molecule has 1 fully saturated rings. The minimum Gasteiger partial charge on any atom is -0.481 e. The number of rotatable bonds is 1. The van der Waals surface area contributed by atoms with Crippen LogP contribution in [0.3, 0.4) is 0 Å². The van der Waals surface area contributed by atoms with Crippen molar-refractivity contribution in [3.05, 3.63) is 0 Å². The summed E-state index contributed by atoms with van der Waals surface area (Å²) in [6, 6.07) is 0. The molecule has 0 saturated heterocycles. The third-order valence-electron chi connectivity index (χ3n) is 2.22. The van der Waals surface area contributed by atoms with Crippen molar-refractivity contribution in [3.63, 3.8) is 0 Å². The second-order valence-electron chi connectivity index (χ2n) is 3.07. The maximum Gasteiger partial charge on any atom is 0.309 e. The molecule has 1 rings (SSSR count). The van der Waals surface area contributed by atoms with Gasteiger partial charge in [-0.2, -0.15) is 0 Å². The molecule has 0 spiro atoms. The zero-order valence-corrected chi connectivity index (χ0v) is 5.68. The first-order valence-electron chi connectivity index (χ1n) is 3.38. The van der Waals surface area contributed by atoms with Crippen LogP contribution >= 0.6 is 0 Å². The molecule has 0 aliphatic heterocycles. The lowest BCUT2D eigenvalue weighted by Gasteiger charge is -2.15. The Hall–Kier alpha value is -0.530. The van der Waals surface area contributed by atoms with E-state index in [1.807, 2.05) is 6.92 Å². The number of carboxylic acids is 1. The molecule has 1 saturated carbocycles. The monoisotopic (exact) mass is 128 g/mol. The molecule has 0 aromatic heterocycles. The second kappa shape index (κ2) is 2.01. The zero-order valence-electron chi connectivity index (χ0n) is 5.68. The summed E-state index contributed by atoms with van der Waals surface area (Å²) in [5.74, 6) is -0.625. The van der Waals surface area contributed by atoms with Gasteiger partial charge in [0.2, 0.25) is 0 Å². The van der Waals surface area contributed by atoms with Gasteiger partial charge in [-0.3, -0.25) is 4.79 Å². The number of hydrogen-bond donors (Lipinski definition) is 1. The first-order chi connectivity index (χ1) is 4.15. The summed E-state index contributed by atoms with van der Waals surface area (Å²) in [6.45, 7) is 1.84. The van der Waals surface area contributed by atoms with Crippen LogP contribution in [0.1, 0.15) is 32.6 Å². The lowest BCUT2D eigenvalue weighted by molar-refractivity contribution is -0.147. The van der Waals surface area contributed by atoms with Crippen LogP contribution in [0.5, 0.6) is 0 Å². The molecular weight excluding hydrogens is 116 g/mol. The predicted molar refractivity (Wildman–Crippen MR) is 34.2 cm³/mol. The largest absolute Gasteiger partial charge is 0.481 e. The third kappa shape index (κ3) is 1.07. The number of carboxylic acid groups (broad SMARTS) is 1. The second-order valence-corrected chi connectivity index (χ2v) is 3.07. The molecule has 0 aromatic rings. The van der Waals surface area contributed by atoms with Gasteiger partial charge in [0.15, 0.2) is 0 Å². The highest BCUT2D eigenvalue weighted by Crippen LogP contribution is 2.37. The molecule has 0 bridgehead atoms. The summed E-state index contributed by atoms with van der Waals surface area (Å²) < 4.78 is 0. The molecule has 0 aromatic carbocycles. The van der Waals surface area contributed by atoms with Gasteiger partial charge >= 0.3 is 5.97 Å². The van der Waals surface area contributed by atoms with Crippen molar-refractivity contribution >= 4 is 5.97 Å². The van der Waals surface area contributed by atoms with Crippen molar-refractivity contribution in [1.82, 2.24) is 0 Å². The summed E-state index contributed by atoms with van der Waals surface area (Å²) >= 11 is 0. The van der Waals surface area contributed by atoms with Gasteiger partial charge in [0.25, 0.3) is 0 Å². The van der Waals surface area contributed by atoms with Crippen LogP contribution < -0.4 is 0 Å². The topological polar surface area (TPSA) is 37.3 Å². The fourth-order valence-electron chi connectivity index (χ4n) is 1.37. The van der Waals surface area contributed by atoms with E-state index < -0.39 is 5.97 Å². The van der Waals surface area contributed by atoms with Crippen LogP contribution in [0.25, 0.3) is 0 Å². The molecule has 1 aliphatic carbocycles. The average Bonchev–Trinajstić information content (AvgIpc) is 2.16. The van der Waals surface area contributed by atoms with E-state index in [1.54, 1.807) is 0 Å². The summed E-state index contributed by atoms with van der Waals surface area (Å²) in [4.78, 5) is 10.5. The van der Waals surface area contributed by atoms with Crippen molar-refractivity contribution in [1.29, 1.82) is 0 Å². The molecule has 0 heterocycles. The SMILES string of the molecule is CC1(C(=O)O)CCCC1. The van der Waals surface area contributed by atoms with Crippen LogP contribution in [0, 0.1) is 5.41 Å². The standard InChI is InChI=1S/C7H12O2/c1-7(6(8)9)4-2-3-5-7/h2-5H2,1H3,(H,8,9). The van der Waals surface area contributed by atoms with Gasteiger partial charge in [-0.1, -0.05) is 12.8 Å². The van der Waals surface area contributed by atoms with Gasteiger partial charge in [-0.15, -0.1) is 0 Å². The van der Waals surface area contributed by atoms with E-state index in [-0.39, 0.29) is 5.41 Å². The quantitative estimate of drug-likeness (QED) is 0.583. The molecule has 0 radical (unpaired) electrons. The predicted octanol–water partition coefficient (Wildman–Crippen LogP) is 1.65. The summed E-state index contributed by atoms with van der Waals surface area (Å²) in [5.41, 5.74) is -0.389. The first kappa shape index (κ1) is 6.59. The van der Waals surface area contributed by atoms with E-state index in [2.05, 4.69) is 0 Å². The first-order valence-corrected chi connectivity index (χ1v) is 3.38. The molecule has 0 unspecified atom stereocenters. The lowest BCUT2D eigenvalue weighted by Crippen LogP contribution is -2.23. The molecule has 0 amide bonds. The minimum atomic E-state index is -0.625. The molecule has 52 valence electrons. The van der Waals surface area contributed by atoms with Crippen LogP contribution in [-0.4, -0.2) is 11.1 Å². The Labute approximate surface area is 54.9 Å². The van der Waals surface area contributed by atoms with Gasteiger partial charge in [0.1, 0.15) is 0 Å². The highest BCUT2D eigenvalue weighted by molar-refractivity contribution is 5.74. The van der Waals surface area contributed by atoms with Crippen molar-refractivity contribution in [2.75, 3.05) is 0 Å². The van der Waals surface area contributed by atoms with E-state index in [0.29, 0.717) is 0 Å². The number of aliphatic carboxylic acids is 1. The fourth-order valence-corrected chi connectivity index (χ4v) is 1.37. The minimum absolute atomic E-state index is 0.389. The van der Waals surface area contributed by atoms with Gasteiger partial charge in [-0.05, 0) is 19.8 Å². The highest BCUT2D eigenvalue weighted by Gasteiger charge is 2.35. The van der Waals surface area contributed by atoms with Crippen molar-refractivity contribution in [3.8, 4) is 0 Å². The lowest BCUT2D eigenvalue weighted by atomic mass is 9.89. The van der Waals surface area contributed by atoms with E-state index in [0.717, 1.165) is 25.7 Å². The maximum absolute atomic E-state index is 10.5. The number of carbonyl (C=O) groups is 1. The van der Waals surface area contributed by atoms with Crippen LogP contribution in [0.2, 0.25) is 0 Å². The van der Waals surface area contributed by atoms with Gasteiger partial charge in [0.05, 0.1) is 5.41 Å². The molecular formula is C7H12O2. The van der Waals surface area contributed by atoms with E-state index in [1.165, 1.54) is 0 Å². The van der Waals surface area contributed by atoms with E-state index in [4.69, 9.17) is 5.11 Å². The maximum atomic E-state index is 10.5. The zero-order chi connectivity index (χ0) is 6.91. The summed E-state index contributed by atoms with van der Waals surface area (Å²) in [7, 11) is 0. The summed E-state index contributed by atoms with van der Waals surface area (Å²) in [5, 5.41) is 8.67. The number of hydrogen-bond acceptors (Lipinski definition) is 1.